The molecule has 2 nitrogen and oxygen atoms in total. The van der Waals surface area contributed by atoms with Crippen molar-refractivity contribution in [3.05, 3.63) is 28.8 Å². The second-order valence-corrected chi connectivity index (χ2v) is 3.73. The van der Waals surface area contributed by atoms with Crippen LogP contribution in [0.3, 0.4) is 0 Å². The van der Waals surface area contributed by atoms with Gasteiger partial charge in [-0.25, -0.2) is 8.78 Å². The van der Waals surface area contributed by atoms with Gasteiger partial charge in [-0.2, -0.15) is 13.2 Å². The molecule has 0 N–H and O–H groups in total. The number of hydrogen-bond acceptors (Lipinski definition) is 2. The van der Waals surface area contributed by atoms with Crippen LogP contribution in [-0.2, 0) is 6.18 Å². The van der Waals surface area contributed by atoms with Crippen LogP contribution in [0.1, 0.15) is 41.8 Å². The Kier molecular flexibility index (Phi) is 4.49. The van der Waals surface area contributed by atoms with Crippen molar-refractivity contribution in [2.75, 3.05) is 6.61 Å². The first-order chi connectivity index (χ1) is 8.68. The number of ether oxygens (including phenoxy) is 1. The van der Waals surface area contributed by atoms with Gasteiger partial charge in [0.15, 0.2) is 5.78 Å². The average molecular weight is 282 g/mol. The fourth-order valence-corrected chi connectivity index (χ4v) is 1.60. The molecule has 0 saturated heterocycles. The van der Waals surface area contributed by atoms with E-state index in [4.69, 9.17) is 4.74 Å². The van der Waals surface area contributed by atoms with Crippen LogP contribution in [0.25, 0.3) is 0 Å². The van der Waals surface area contributed by atoms with Crippen LogP contribution in [0.15, 0.2) is 12.1 Å². The molecule has 7 heteroatoms. The van der Waals surface area contributed by atoms with E-state index in [2.05, 4.69) is 0 Å². The topological polar surface area (TPSA) is 26.3 Å². The van der Waals surface area contributed by atoms with Crippen molar-refractivity contribution < 1.29 is 31.5 Å². The van der Waals surface area contributed by atoms with Gasteiger partial charge >= 0.3 is 6.18 Å². The highest BCUT2D eigenvalue weighted by Gasteiger charge is 2.39. The molecular weight excluding hydrogens is 271 g/mol. The van der Waals surface area contributed by atoms with E-state index in [9.17, 15) is 26.7 Å². The van der Waals surface area contributed by atoms with Crippen LogP contribution < -0.4 is 4.74 Å². The summed E-state index contributed by atoms with van der Waals surface area (Å²) in [5, 5.41) is 0. The third kappa shape index (κ3) is 3.42. The molecule has 0 heterocycles. The Bertz CT molecular complexity index is 480. The molecular formula is C12H11F5O2. The van der Waals surface area contributed by atoms with Gasteiger partial charge in [0.25, 0.3) is 6.43 Å². The van der Waals surface area contributed by atoms with Crippen LogP contribution in [0, 0.1) is 0 Å². The summed E-state index contributed by atoms with van der Waals surface area (Å²) in [6, 6.07) is 1.17. The summed E-state index contributed by atoms with van der Waals surface area (Å²) in [5.74, 6) is -1.70. The zero-order chi connectivity index (χ0) is 14.8. The average Bonchev–Trinajstić information content (AvgIpc) is 2.26. The number of Topliss-reactive ketones (excluding diaryl/α,β-unsaturated/α-hetero) is 1. The van der Waals surface area contributed by atoms with E-state index in [1.165, 1.54) is 6.92 Å². The molecule has 0 aliphatic heterocycles. The molecule has 1 rings (SSSR count). The lowest BCUT2D eigenvalue weighted by Gasteiger charge is -2.17. The SMILES string of the molecule is CCOc1cc(C(F)F)cc(C(C)=O)c1C(F)(F)F. The molecule has 0 aromatic heterocycles. The van der Waals surface area contributed by atoms with E-state index in [1.807, 2.05) is 0 Å². The minimum absolute atomic E-state index is 0.132. The van der Waals surface area contributed by atoms with Crippen molar-refractivity contribution in [3.63, 3.8) is 0 Å². The molecule has 1 aromatic carbocycles. The third-order valence-electron chi connectivity index (χ3n) is 2.34. The van der Waals surface area contributed by atoms with Gasteiger partial charge in [-0.05, 0) is 26.0 Å². The first-order valence-corrected chi connectivity index (χ1v) is 5.35. The second-order valence-electron chi connectivity index (χ2n) is 3.73. The van der Waals surface area contributed by atoms with Crippen molar-refractivity contribution in [1.29, 1.82) is 0 Å². The number of halogens is 5. The Morgan fingerprint density at radius 3 is 2.26 bits per heavy atom. The minimum Gasteiger partial charge on any atom is -0.493 e. The maximum absolute atomic E-state index is 12.9. The largest absolute Gasteiger partial charge is 0.493 e. The van der Waals surface area contributed by atoms with Gasteiger partial charge in [0.1, 0.15) is 11.3 Å². The lowest BCUT2D eigenvalue weighted by molar-refractivity contribution is -0.139. The molecule has 0 atom stereocenters. The molecule has 0 amide bonds. The second kappa shape index (κ2) is 5.54. The monoisotopic (exact) mass is 282 g/mol. The van der Waals surface area contributed by atoms with Crippen LogP contribution >= 0.6 is 0 Å². The fraction of sp³-hybridized carbons (Fsp3) is 0.417. The van der Waals surface area contributed by atoms with Crippen molar-refractivity contribution in [3.8, 4) is 5.75 Å². The summed E-state index contributed by atoms with van der Waals surface area (Å²) in [4.78, 5) is 11.2. The van der Waals surface area contributed by atoms with Crippen LogP contribution in [0.2, 0.25) is 0 Å². The Labute approximate surface area is 106 Å². The summed E-state index contributed by atoms with van der Waals surface area (Å²) >= 11 is 0. The van der Waals surface area contributed by atoms with E-state index >= 15 is 0 Å². The number of rotatable bonds is 4. The molecule has 0 fully saturated rings. The molecule has 0 aliphatic rings. The molecule has 19 heavy (non-hydrogen) atoms. The van der Waals surface area contributed by atoms with Crippen molar-refractivity contribution in [2.45, 2.75) is 26.4 Å². The predicted molar refractivity (Wildman–Crippen MR) is 57.6 cm³/mol. The maximum Gasteiger partial charge on any atom is 0.420 e. The van der Waals surface area contributed by atoms with Gasteiger partial charge in [0, 0.05) is 11.1 Å². The number of benzene rings is 1. The van der Waals surface area contributed by atoms with Crippen LogP contribution in [0.5, 0.6) is 5.75 Å². The maximum atomic E-state index is 12.9. The Morgan fingerprint density at radius 1 is 1.32 bits per heavy atom. The van der Waals surface area contributed by atoms with Crippen molar-refractivity contribution >= 4 is 5.78 Å². The first-order valence-electron chi connectivity index (χ1n) is 5.35. The van der Waals surface area contributed by atoms with E-state index in [-0.39, 0.29) is 6.61 Å². The summed E-state index contributed by atoms with van der Waals surface area (Å²) < 4.78 is 68.7. The van der Waals surface area contributed by atoms with E-state index in [0.29, 0.717) is 12.1 Å². The highest BCUT2D eigenvalue weighted by molar-refractivity contribution is 5.96. The minimum atomic E-state index is -4.86. The van der Waals surface area contributed by atoms with Gasteiger partial charge in [-0.1, -0.05) is 0 Å². The molecule has 0 saturated carbocycles. The van der Waals surface area contributed by atoms with Crippen LogP contribution in [-0.4, -0.2) is 12.4 Å². The Hall–Kier alpha value is -1.66. The standard InChI is InChI=1S/C12H11F5O2/c1-3-19-9-5-7(11(13)14)4-8(6(2)18)10(9)12(15,16)17/h4-5,11H,3H2,1-2H3. The highest BCUT2D eigenvalue weighted by atomic mass is 19.4. The number of alkyl halides is 5. The number of carbonyl (C=O) groups excluding carboxylic acids is 1. The molecule has 0 bridgehead atoms. The van der Waals surface area contributed by atoms with Gasteiger partial charge in [-0.3, -0.25) is 4.79 Å². The molecule has 1 aromatic rings. The fourth-order valence-electron chi connectivity index (χ4n) is 1.60. The molecule has 0 aliphatic carbocycles. The summed E-state index contributed by atoms with van der Waals surface area (Å²) in [6.45, 7) is 2.17. The van der Waals surface area contributed by atoms with Crippen LogP contribution in [0.4, 0.5) is 22.0 Å². The smallest absolute Gasteiger partial charge is 0.420 e. The summed E-state index contributed by atoms with van der Waals surface area (Å²) in [6.07, 6.45) is -7.84. The van der Waals surface area contributed by atoms with Gasteiger partial charge in [0.05, 0.1) is 6.61 Å². The lowest BCUT2D eigenvalue weighted by atomic mass is 9.99. The first kappa shape index (κ1) is 15.4. The van der Waals surface area contributed by atoms with E-state index < -0.39 is 40.8 Å². The predicted octanol–water partition coefficient (Wildman–Crippen LogP) is 4.24. The summed E-state index contributed by atoms with van der Waals surface area (Å²) in [7, 11) is 0. The number of carbonyl (C=O) groups is 1. The zero-order valence-corrected chi connectivity index (χ0v) is 10.1. The number of ketones is 1. The van der Waals surface area contributed by atoms with Gasteiger partial charge < -0.3 is 4.74 Å². The highest BCUT2D eigenvalue weighted by Crippen LogP contribution is 2.41. The van der Waals surface area contributed by atoms with E-state index in [1.54, 1.807) is 0 Å². The Morgan fingerprint density at radius 2 is 1.89 bits per heavy atom. The lowest BCUT2D eigenvalue weighted by Crippen LogP contribution is -2.15. The molecule has 0 radical (unpaired) electrons. The molecule has 0 spiro atoms. The van der Waals surface area contributed by atoms with E-state index in [0.717, 1.165) is 6.92 Å². The number of hydrogen-bond donors (Lipinski definition) is 0. The normalized spacial score (nSPS) is 11.8. The quantitative estimate of drug-likeness (QED) is 0.609. The molecule has 106 valence electrons. The molecule has 0 unspecified atom stereocenters. The van der Waals surface area contributed by atoms with Crippen molar-refractivity contribution in [2.24, 2.45) is 0 Å². The Balaban J connectivity index is 3.60. The van der Waals surface area contributed by atoms with Crippen molar-refractivity contribution in [1.82, 2.24) is 0 Å². The van der Waals surface area contributed by atoms with Gasteiger partial charge in [0.2, 0.25) is 0 Å². The summed E-state index contributed by atoms with van der Waals surface area (Å²) in [5.41, 5.74) is -2.80. The van der Waals surface area contributed by atoms with Gasteiger partial charge in [-0.15, -0.1) is 0 Å². The third-order valence-corrected chi connectivity index (χ3v) is 2.34. The zero-order valence-electron chi connectivity index (χ0n) is 10.1.